The summed E-state index contributed by atoms with van der Waals surface area (Å²) in [7, 11) is 1.85. The van der Waals surface area contributed by atoms with Gasteiger partial charge in [0.2, 0.25) is 0 Å². The van der Waals surface area contributed by atoms with Gasteiger partial charge in [0.15, 0.2) is 5.69 Å². The van der Waals surface area contributed by atoms with Crippen LogP contribution < -0.4 is 0 Å². The Kier molecular flexibility index (Phi) is 1.35. The molecule has 80 valence electrons. The fourth-order valence-corrected chi connectivity index (χ4v) is 3.23. The molecule has 0 saturated heterocycles. The number of aryl methyl sites for hydroxylation is 1. The van der Waals surface area contributed by atoms with Gasteiger partial charge in [-0.05, 0) is 17.8 Å². The maximum Gasteiger partial charge on any atom is 0.356 e. The van der Waals surface area contributed by atoms with E-state index >= 15 is 0 Å². The van der Waals surface area contributed by atoms with Gasteiger partial charge in [0.1, 0.15) is 0 Å². The van der Waals surface area contributed by atoms with Crippen LogP contribution in [-0.4, -0.2) is 20.9 Å². The molecule has 1 aromatic rings. The Morgan fingerprint density at radius 1 is 1.60 bits per heavy atom. The van der Waals surface area contributed by atoms with Crippen molar-refractivity contribution in [2.45, 2.75) is 26.2 Å². The molecule has 1 N–H and O–H groups in total. The maximum atomic E-state index is 11.0. The number of hydrogen-bond acceptors (Lipinski definition) is 2. The number of hydrogen-bond donors (Lipinski definition) is 1. The maximum absolute atomic E-state index is 11.0. The zero-order chi connectivity index (χ0) is 11.0. The minimum absolute atomic E-state index is 0.260. The molecule has 3 rings (SSSR count). The van der Waals surface area contributed by atoms with Crippen LogP contribution in [0.15, 0.2) is 0 Å². The molecule has 2 aliphatic carbocycles. The number of carboxylic acid groups (broad SMARTS) is 1. The Bertz CT molecular complexity index is 473. The van der Waals surface area contributed by atoms with E-state index < -0.39 is 5.97 Å². The lowest BCUT2D eigenvalue weighted by atomic mass is 9.98. The van der Waals surface area contributed by atoms with Crippen molar-refractivity contribution in [1.82, 2.24) is 9.78 Å². The molecule has 1 heterocycles. The molecule has 4 nitrogen and oxygen atoms in total. The summed E-state index contributed by atoms with van der Waals surface area (Å²) in [5, 5.41) is 13.1. The third-order valence-corrected chi connectivity index (χ3v) is 4.17. The normalized spacial score (nSPS) is 29.8. The minimum Gasteiger partial charge on any atom is -0.476 e. The van der Waals surface area contributed by atoms with Crippen molar-refractivity contribution in [2.75, 3.05) is 0 Å². The highest BCUT2D eigenvalue weighted by molar-refractivity contribution is 5.88. The second kappa shape index (κ2) is 2.26. The van der Waals surface area contributed by atoms with Gasteiger partial charge in [0, 0.05) is 24.2 Å². The van der Waals surface area contributed by atoms with E-state index in [1.807, 2.05) is 7.05 Å². The van der Waals surface area contributed by atoms with Crippen molar-refractivity contribution in [3.8, 4) is 0 Å². The Hall–Kier alpha value is -1.32. The molecular formula is C11H14N2O2. The molecule has 1 aromatic heterocycles. The predicted octanol–water partition coefficient (Wildman–Crippen LogP) is 1.41. The van der Waals surface area contributed by atoms with Crippen LogP contribution in [0.25, 0.3) is 0 Å². The van der Waals surface area contributed by atoms with Gasteiger partial charge in [-0.25, -0.2) is 4.79 Å². The lowest BCUT2D eigenvalue weighted by Crippen LogP contribution is -2.04. The molecule has 1 saturated carbocycles. The van der Waals surface area contributed by atoms with E-state index in [1.54, 1.807) is 4.68 Å². The highest BCUT2D eigenvalue weighted by Crippen LogP contribution is 2.70. The first-order chi connectivity index (χ1) is 6.94. The van der Waals surface area contributed by atoms with Crippen molar-refractivity contribution in [3.05, 3.63) is 17.0 Å². The van der Waals surface area contributed by atoms with Gasteiger partial charge >= 0.3 is 5.97 Å². The summed E-state index contributed by atoms with van der Waals surface area (Å²) >= 11 is 0. The molecule has 0 unspecified atom stereocenters. The van der Waals surface area contributed by atoms with Crippen LogP contribution in [0.5, 0.6) is 0 Å². The van der Waals surface area contributed by atoms with E-state index in [0.717, 1.165) is 17.7 Å². The largest absolute Gasteiger partial charge is 0.476 e. The van der Waals surface area contributed by atoms with Crippen LogP contribution in [0.2, 0.25) is 0 Å². The van der Waals surface area contributed by atoms with E-state index in [2.05, 4.69) is 18.9 Å². The van der Waals surface area contributed by atoms with Crippen molar-refractivity contribution in [3.63, 3.8) is 0 Å². The fourth-order valence-electron chi connectivity index (χ4n) is 3.23. The zero-order valence-corrected chi connectivity index (χ0v) is 9.11. The van der Waals surface area contributed by atoms with Gasteiger partial charge in [0.05, 0.1) is 0 Å². The first-order valence-corrected chi connectivity index (χ1v) is 5.23. The number of carbonyl (C=O) groups is 1. The summed E-state index contributed by atoms with van der Waals surface area (Å²) in [6.45, 7) is 4.50. The van der Waals surface area contributed by atoms with Crippen LogP contribution in [0, 0.1) is 11.3 Å². The average molecular weight is 206 g/mol. The minimum atomic E-state index is -0.897. The van der Waals surface area contributed by atoms with Crippen LogP contribution in [0.1, 0.15) is 41.5 Å². The number of fused-ring (bicyclic) bond motifs is 3. The van der Waals surface area contributed by atoms with E-state index in [0.29, 0.717) is 17.3 Å². The molecule has 0 aromatic carbocycles. The van der Waals surface area contributed by atoms with Crippen molar-refractivity contribution < 1.29 is 9.90 Å². The molecule has 0 amide bonds. The number of carboxylic acids is 1. The third kappa shape index (κ3) is 0.874. The summed E-state index contributed by atoms with van der Waals surface area (Å²) in [5.74, 6) is 0.263. The average Bonchev–Trinajstić information content (AvgIpc) is 2.54. The molecule has 2 aliphatic rings. The molecule has 1 fully saturated rings. The highest BCUT2D eigenvalue weighted by Gasteiger charge is 2.64. The topological polar surface area (TPSA) is 55.1 Å². The molecule has 2 atom stereocenters. The first kappa shape index (κ1) is 8.95. The zero-order valence-electron chi connectivity index (χ0n) is 9.11. The molecule has 15 heavy (non-hydrogen) atoms. The summed E-state index contributed by atoms with van der Waals surface area (Å²) in [6.07, 6.45) is 0.891. The van der Waals surface area contributed by atoms with Crippen molar-refractivity contribution in [1.29, 1.82) is 0 Å². The van der Waals surface area contributed by atoms with E-state index in [4.69, 9.17) is 5.11 Å². The van der Waals surface area contributed by atoms with Gasteiger partial charge in [-0.2, -0.15) is 5.10 Å². The van der Waals surface area contributed by atoms with Gasteiger partial charge in [-0.3, -0.25) is 4.68 Å². The standard InChI is InChI=1S/C11H14N2O2/c1-11(2)6-4-5-8(10(14)15)12-13(3)9(5)7(6)11/h6-7H,4H2,1-3H3,(H,14,15)/t6-,7-/m1/s1. The summed E-state index contributed by atoms with van der Waals surface area (Å²) in [6, 6.07) is 0. The van der Waals surface area contributed by atoms with E-state index in [1.165, 1.54) is 0 Å². The first-order valence-electron chi connectivity index (χ1n) is 5.23. The summed E-state index contributed by atoms with van der Waals surface area (Å²) in [4.78, 5) is 11.0. The summed E-state index contributed by atoms with van der Waals surface area (Å²) < 4.78 is 1.76. The van der Waals surface area contributed by atoms with Crippen LogP contribution in [0.4, 0.5) is 0 Å². The second-order valence-corrected chi connectivity index (χ2v) is 5.25. The lowest BCUT2D eigenvalue weighted by Gasteiger charge is -2.08. The quantitative estimate of drug-likeness (QED) is 0.756. The molecule has 0 bridgehead atoms. The summed E-state index contributed by atoms with van der Waals surface area (Å²) in [5.41, 5.74) is 2.73. The SMILES string of the molecule is Cn1nc(C(=O)O)c2c1[C@H]1[C@@H](C2)C1(C)C. The van der Waals surface area contributed by atoms with Crippen LogP contribution in [-0.2, 0) is 13.5 Å². The van der Waals surface area contributed by atoms with Gasteiger partial charge in [-0.15, -0.1) is 0 Å². The Morgan fingerprint density at radius 3 is 2.87 bits per heavy atom. The Balaban J connectivity index is 2.14. The predicted molar refractivity (Wildman–Crippen MR) is 53.9 cm³/mol. The molecule has 0 aliphatic heterocycles. The molecule has 0 radical (unpaired) electrons. The smallest absolute Gasteiger partial charge is 0.356 e. The number of aromatic carboxylic acids is 1. The molecular weight excluding hydrogens is 192 g/mol. The van der Waals surface area contributed by atoms with E-state index in [-0.39, 0.29) is 5.69 Å². The van der Waals surface area contributed by atoms with Gasteiger partial charge in [-0.1, -0.05) is 13.8 Å². The highest BCUT2D eigenvalue weighted by atomic mass is 16.4. The van der Waals surface area contributed by atoms with Crippen LogP contribution in [0.3, 0.4) is 0 Å². The Morgan fingerprint density at radius 2 is 2.27 bits per heavy atom. The second-order valence-electron chi connectivity index (χ2n) is 5.25. The van der Waals surface area contributed by atoms with Gasteiger partial charge in [0.25, 0.3) is 0 Å². The van der Waals surface area contributed by atoms with Crippen molar-refractivity contribution in [2.24, 2.45) is 18.4 Å². The number of rotatable bonds is 1. The molecule has 0 spiro atoms. The van der Waals surface area contributed by atoms with Gasteiger partial charge < -0.3 is 5.11 Å². The fraction of sp³-hybridized carbons (Fsp3) is 0.636. The number of nitrogens with zero attached hydrogens (tertiary/aromatic N) is 2. The number of aromatic nitrogens is 2. The Labute approximate surface area is 87.9 Å². The lowest BCUT2D eigenvalue weighted by molar-refractivity contribution is 0.0688. The van der Waals surface area contributed by atoms with Crippen molar-refractivity contribution >= 4 is 5.97 Å². The molecule has 4 heteroatoms. The van der Waals surface area contributed by atoms with E-state index in [9.17, 15) is 4.79 Å². The van der Waals surface area contributed by atoms with Crippen LogP contribution >= 0.6 is 0 Å². The monoisotopic (exact) mass is 206 g/mol. The third-order valence-electron chi connectivity index (χ3n) is 4.17.